The molecule has 19 rings (SSSR count). The molecule has 11 N–H and O–H groups in total. The number of methoxy groups -OCH3 is 1. The lowest BCUT2D eigenvalue weighted by Gasteiger charge is -2.38. The number of amides is 4. The van der Waals surface area contributed by atoms with Crippen LogP contribution in [0.1, 0.15) is 48.1 Å². The minimum atomic E-state index is -0.669. The maximum Gasteiger partial charge on any atom is 0.244 e. The van der Waals surface area contributed by atoms with Crippen molar-refractivity contribution in [2.45, 2.75) is 56.8 Å². The van der Waals surface area contributed by atoms with Gasteiger partial charge >= 0.3 is 0 Å². The van der Waals surface area contributed by atoms with Crippen molar-refractivity contribution in [2.24, 2.45) is 17.2 Å². The van der Waals surface area contributed by atoms with E-state index in [-0.39, 0.29) is 47.2 Å². The van der Waals surface area contributed by atoms with E-state index in [1.807, 2.05) is 166 Å². The lowest BCUT2D eigenvalue weighted by molar-refractivity contribution is -0.133. The number of hydrogen-bond donors (Lipinski definition) is 8. The van der Waals surface area contributed by atoms with Crippen LogP contribution in [0.5, 0.6) is 5.75 Å². The number of H-pyrrole nitrogens is 4. The molecule has 0 bridgehead atoms. The number of nitrogens with one attached hydrogen (secondary N) is 5. The van der Waals surface area contributed by atoms with Crippen LogP contribution >= 0.6 is 62.3 Å². The first-order valence-corrected chi connectivity index (χ1v) is 46.6. The smallest absolute Gasteiger partial charge is 0.244 e. The second kappa shape index (κ2) is 43.0. The molecule has 0 spiro atoms. The molecule has 4 amide bonds. The van der Waals surface area contributed by atoms with Crippen molar-refractivity contribution < 1.29 is 32.7 Å². The van der Waals surface area contributed by atoms with Gasteiger partial charge in [0.2, 0.25) is 23.6 Å². The van der Waals surface area contributed by atoms with E-state index in [9.17, 15) is 28.0 Å². The van der Waals surface area contributed by atoms with Crippen LogP contribution < -0.4 is 46.9 Å². The number of piperazine rings is 4. The average molecular weight is 1940 g/mol. The zero-order valence-corrected chi connectivity index (χ0v) is 78.3. The Morgan fingerprint density at radius 1 is 0.406 bits per heavy atom. The molecule has 25 nitrogen and oxygen atoms in total. The van der Waals surface area contributed by atoms with Crippen LogP contribution in [0.15, 0.2) is 248 Å². The first kappa shape index (κ1) is 93.7. The summed E-state index contributed by atoms with van der Waals surface area (Å²) in [6, 6.07) is 57.2. The largest absolute Gasteiger partial charge is 0.497 e. The van der Waals surface area contributed by atoms with Gasteiger partial charge in [-0.25, -0.2) is 28.7 Å². The minimum absolute atomic E-state index is 0.0193. The highest BCUT2D eigenvalue weighted by Gasteiger charge is 2.35. The van der Waals surface area contributed by atoms with Crippen LogP contribution in [-0.4, -0.2) is 220 Å². The Labute approximate surface area is 798 Å². The molecule has 0 unspecified atom stereocenters. The molecule has 0 radical (unpaired) electrons. The molecule has 32 heteroatoms. The second-order valence-corrected chi connectivity index (χ2v) is 36.1. The van der Waals surface area contributed by atoms with Gasteiger partial charge in [-0.3, -0.25) is 19.2 Å². The number of carbonyl (C=O) groups excluding carboxylic acids is 4. The molecule has 4 aliphatic rings. The monoisotopic (exact) mass is 1930 g/mol. The normalized spacial score (nSPS) is 15.1. The Bertz CT molecular complexity index is 6560. The number of anilines is 4. The van der Waals surface area contributed by atoms with Gasteiger partial charge in [-0.1, -0.05) is 145 Å². The van der Waals surface area contributed by atoms with Gasteiger partial charge in [0, 0.05) is 225 Å². The third-order valence-electron chi connectivity index (χ3n) is 24.6. The number of ether oxygens (including phenoxy) is 1. The summed E-state index contributed by atoms with van der Waals surface area (Å²) in [7, 11) is 1.67. The van der Waals surface area contributed by atoms with E-state index >= 15 is 0 Å². The van der Waals surface area contributed by atoms with Crippen molar-refractivity contribution in [1.29, 1.82) is 0 Å². The Morgan fingerprint density at radius 2 is 0.729 bits per heavy atom. The summed E-state index contributed by atoms with van der Waals surface area (Å²) in [5.74, 6) is -0.0757. The van der Waals surface area contributed by atoms with Gasteiger partial charge in [0.15, 0.2) is 0 Å². The Hall–Kier alpha value is -12.5. The quantitative estimate of drug-likeness (QED) is 0.0331. The fraction of sp³-hybridized carbons (Fsp3) is 0.267. The average Bonchev–Trinajstić information content (AvgIpc) is 1.75. The molecule has 15 aromatic rings. The zero-order valence-electron chi connectivity index (χ0n) is 73.7. The van der Waals surface area contributed by atoms with Gasteiger partial charge in [-0.05, 0) is 177 Å². The number of rotatable bonds is 21. The van der Waals surface area contributed by atoms with Gasteiger partial charge < -0.3 is 86.4 Å². The van der Waals surface area contributed by atoms with E-state index in [2.05, 4.69) is 107 Å². The number of benzene rings is 7. The molecule has 12 heterocycles. The summed E-state index contributed by atoms with van der Waals surface area (Å²) in [6.45, 7) is 15.0. The molecular formula is C101H103BrCl4F2N20O5. The number of carbonyl (C=O) groups is 4. The summed E-state index contributed by atoms with van der Waals surface area (Å²) in [6.07, 6.45) is 15.8. The number of nitrogens with two attached hydrogens (primary N) is 3. The van der Waals surface area contributed by atoms with E-state index in [1.54, 1.807) is 68.0 Å². The summed E-state index contributed by atoms with van der Waals surface area (Å²) < 4.78 is 34.4. The molecular weight excluding hydrogens is 1830 g/mol. The maximum atomic E-state index is 14.1. The molecule has 133 heavy (non-hydrogen) atoms. The van der Waals surface area contributed by atoms with Crippen molar-refractivity contribution in [2.75, 3.05) is 138 Å². The number of aromatic amines is 4. The summed E-state index contributed by atoms with van der Waals surface area (Å²) in [5.41, 5.74) is 35.3. The third-order valence-corrected chi connectivity index (χ3v) is 26.2. The Kier molecular flexibility index (Phi) is 30.3. The van der Waals surface area contributed by atoms with Gasteiger partial charge in [0.05, 0.1) is 52.3 Å². The molecule has 4 aliphatic heterocycles. The van der Waals surface area contributed by atoms with Crippen LogP contribution in [0, 0.1) is 11.6 Å². The van der Waals surface area contributed by atoms with Crippen molar-refractivity contribution in [1.82, 2.24) is 64.8 Å². The molecule has 4 fully saturated rings. The van der Waals surface area contributed by atoms with Crippen molar-refractivity contribution in [3.63, 3.8) is 0 Å². The molecule has 8 aromatic heterocycles. The number of aromatic nitrogens is 8. The predicted molar refractivity (Wildman–Crippen MR) is 532 cm³/mol. The van der Waals surface area contributed by atoms with Crippen LogP contribution in [0.4, 0.5) is 31.5 Å². The highest BCUT2D eigenvalue weighted by molar-refractivity contribution is 9.10. The van der Waals surface area contributed by atoms with E-state index in [4.69, 9.17) is 68.3 Å². The summed E-state index contributed by atoms with van der Waals surface area (Å²) in [4.78, 5) is 100.0. The fourth-order valence-corrected chi connectivity index (χ4v) is 18.7. The Morgan fingerprint density at radius 3 is 1.10 bits per heavy atom. The van der Waals surface area contributed by atoms with E-state index in [0.717, 1.165) is 146 Å². The number of halogens is 7. The van der Waals surface area contributed by atoms with Crippen LogP contribution in [-0.2, 0) is 32.0 Å². The van der Waals surface area contributed by atoms with Gasteiger partial charge in [0.1, 0.15) is 46.0 Å². The van der Waals surface area contributed by atoms with Gasteiger partial charge in [-0.2, -0.15) is 0 Å². The Balaban J connectivity index is 0.000000130. The van der Waals surface area contributed by atoms with Crippen LogP contribution in [0.2, 0.25) is 20.1 Å². The zero-order chi connectivity index (χ0) is 92.9. The number of fused-ring (bicyclic) bond motifs is 4. The van der Waals surface area contributed by atoms with E-state index in [0.29, 0.717) is 131 Å². The SMILES string of the molecule is CC(C)NC[C@@H](C(=O)N1CCN(c2c(-c3cccc(F)c3)cnc3[nH]ccc23)CC1)c1ccc(Cl)cc1.COc1cccc(-c2cnc3[nH]ccc3c2N2CCN(C(=O)[C@H](N)Cc3ccc(Cl)cc3)CC2)c1.N[C@@H](C(=O)N1CCN(c2c(Br)cnc3[nH]ccc23)CC1)c1ccc(Cl)cc1.N[C@H](Cc1ccc(Cl)cc1)C(=O)N1CCN(c2c(-c3cccc(F)c3)cnc3[nH]ccc23)CC1. The van der Waals surface area contributed by atoms with Crippen molar-refractivity contribution in [3.8, 4) is 39.1 Å². The lowest BCUT2D eigenvalue weighted by atomic mass is 9.96. The highest BCUT2D eigenvalue weighted by Crippen LogP contribution is 2.43. The van der Waals surface area contributed by atoms with Crippen molar-refractivity contribution >= 4 is 153 Å². The fourth-order valence-electron chi connectivity index (χ4n) is 17.7. The molecule has 4 atom stereocenters. The van der Waals surface area contributed by atoms with Crippen LogP contribution in [0.25, 0.3) is 77.5 Å². The van der Waals surface area contributed by atoms with Gasteiger partial charge in [-0.15, -0.1) is 0 Å². The van der Waals surface area contributed by atoms with E-state index < -0.39 is 18.1 Å². The molecule has 686 valence electrons. The third kappa shape index (κ3) is 22.2. The minimum Gasteiger partial charge on any atom is -0.497 e. The van der Waals surface area contributed by atoms with Crippen LogP contribution in [0.3, 0.4) is 0 Å². The predicted octanol–water partition coefficient (Wildman–Crippen LogP) is 17.1. The number of hydrogen-bond acceptors (Lipinski definition) is 17. The topological polar surface area (TPSA) is 308 Å². The molecule has 0 saturated carbocycles. The molecule has 4 saturated heterocycles. The summed E-state index contributed by atoms with van der Waals surface area (Å²) >= 11 is 27.5. The highest BCUT2D eigenvalue weighted by atomic mass is 79.9. The number of pyridine rings is 4. The standard InChI is InChI=1S/C29H31ClFN5O.C27H28ClN5O2.C26H25ClFN5O.C19H19BrClN5O/c1-19(2)33-18-26(20-6-8-22(30)9-7-20)29(37)36-14-12-35(13-15-36)27-24-10-11-32-28(24)34-17-25(27)21-4-3-5-23(31)16-21;1-35-21-4-2-3-19(16-21)23-17-31-26-22(9-10-30-26)25(23)32-11-13-33(14-12-32)27(34)24(29)15-18-5-7-20(28)8-6-18;27-19-6-4-17(5-7-19)14-23(29)26(34)33-12-10-32(11-13-33)24-21-8-9-30-25(21)31-16-22(24)18-2-1-3-20(28)15-18;20-15-11-24-18-14(5-6-23-18)17(15)25-7-9-26(10-8-25)19(27)16(22)12-1-3-13(21)4-2-12/h3-11,16-17,19,26,33H,12-15,18H2,1-2H3,(H,32,34);2-10,16-17,24H,11-15,29H2,1H3,(H,30,31);1-9,15-16,23H,10-14,29H2,(H,30,31);1-6,11,16H,7-10,22H2,(H,23,24)/t26-;24-;23-;16-/m1111/s1. The maximum absolute atomic E-state index is 14.1. The van der Waals surface area contributed by atoms with E-state index in [1.165, 1.54) is 24.3 Å². The molecule has 7 aromatic carbocycles. The van der Waals surface area contributed by atoms with Crippen molar-refractivity contribution in [3.05, 3.63) is 302 Å². The first-order chi connectivity index (χ1) is 64.5. The number of nitrogens with zero attached hydrogens (tertiary/aromatic N) is 12. The first-order valence-electron chi connectivity index (χ1n) is 44.3. The molecule has 0 aliphatic carbocycles. The van der Waals surface area contributed by atoms with Gasteiger partial charge in [0.25, 0.3) is 0 Å². The summed E-state index contributed by atoms with van der Waals surface area (Å²) in [5, 5.41) is 10.1. The second-order valence-electron chi connectivity index (χ2n) is 33.5. The lowest BCUT2D eigenvalue weighted by Crippen LogP contribution is -2.53.